The lowest BCUT2D eigenvalue weighted by Crippen LogP contribution is -2.36. The Labute approximate surface area is 163 Å². The molecule has 2 N–H and O–H groups in total. The summed E-state index contributed by atoms with van der Waals surface area (Å²) in [6.07, 6.45) is 1.73. The second-order valence-corrected chi connectivity index (χ2v) is 7.10. The van der Waals surface area contributed by atoms with Gasteiger partial charge < -0.3 is 24.8 Å². The van der Waals surface area contributed by atoms with Gasteiger partial charge in [0, 0.05) is 18.7 Å². The van der Waals surface area contributed by atoms with Crippen LogP contribution in [0.3, 0.4) is 0 Å². The zero-order valence-electron chi connectivity index (χ0n) is 16.2. The first-order valence-corrected chi connectivity index (χ1v) is 9.27. The number of phenols is 1. The van der Waals surface area contributed by atoms with Gasteiger partial charge in [-0.2, -0.15) is 0 Å². The van der Waals surface area contributed by atoms with Crippen LogP contribution in [0.1, 0.15) is 32.3 Å². The third-order valence-electron chi connectivity index (χ3n) is 4.39. The van der Waals surface area contributed by atoms with Gasteiger partial charge in [0.1, 0.15) is 11.6 Å². The molecule has 3 rings (SSSR count). The Balaban J connectivity index is 1.78. The molecule has 7 heteroatoms. The third-order valence-corrected chi connectivity index (χ3v) is 4.39. The summed E-state index contributed by atoms with van der Waals surface area (Å²) in [5.74, 6) is 0.370. The monoisotopic (exact) mass is 388 g/mol. The van der Waals surface area contributed by atoms with E-state index in [9.17, 15) is 14.3 Å². The summed E-state index contributed by atoms with van der Waals surface area (Å²) >= 11 is 0. The highest BCUT2D eigenvalue weighted by atomic mass is 19.1. The highest BCUT2D eigenvalue weighted by molar-refractivity contribution is 5.91. The molecule has 0 spiro atoms. The van der Waals surface area contributed by atoms with E-state index >= 15 is 0 Å². The van der Waals surface area contributed by atoms with Crippen LogP contribution in [0.5, 0.6) is 17.2 Å². The van der Waals surface area contributed by atoms with Crippen LogP contribution >= 0.6 is 0 Å². The van der Waals surface area contributed by atoms with Crippen molar-refractivity contribution in [3.05, 3.63) is 47.8 Å². The van der Waals surface area contributed by atoms with Crippen molar-refractivity contribution < 1.29 is 23.8 Å². The first kappa shape index (κ1) is 19.8. The molecule has 0 aromatic heterocycles. The fourth-order valence-electron chi connectivity index (χ4n) is 2.91. The van der Waals surface area contributed by atoms with Crippen LogP contribution in [0.25, 0.3) is 0 Å². The zero-order chi connectivity index (χ0) is 20.3. The largest absolute Gasteiger partial charge is 0.504 e. The molecule has 0 heterocycles. The topological polar surface area (TPSA) is 71.0 Å². The van der Waals surface area contributed by atoms with Gasteiger partial charge in [0.05, 0.1) is 18.9 Å². The van der Waals surface area contributed by atoms with Crippen molar-refractivity contribution in [3.63, 3.8) is 0 Å². The van der Waals surface area contributed by atoms with E-state index in [0.29, 0.717) is 23.7 Å². The predicted molar refractivity (Wildman–Crippen MR) is 104 cm³/mol. The van der Waals surface area contributed by atoms with E-state index in [1.807, 2.05) is 13.8 Å². The van der Waals surface area contributed by atoms with Crippen molar-refractivity contribution >= 4 is 11.7 Å². The molecular formula is C21H25FN2O4. The number of carbonyl (C=O) groups excluding carboxylic acids is 1. The smallest absolute Gasteiger partial charge is 0.322 e. The molecule has 0 bridgehead atoms. The molecule has 1 aliphatic rings. The van der Waals surface area contributed by atoms with Gasteiger partial charge in [-0.3, -0.25) is 0 Å². The number of carbonyl (C=O) groups is 1. The SMILES string of the molecule is COc1cc(CN(C(=O)Nc2cc(F)ccc2OC(C)C)C2CC2)ccc1O. The van der Waals surface area contributed by atoms with E-state index in [-0.39, 0.29) is 23.9 Å². The summed E-state index contributed by atoms with van der Waals surface area (Å²) in [4.78, 5) is 14.6. The van der Waals surface area contributed by atoms with Gasteiger partial charge in [-0.1, -0.05) is 6.07 Å². The number of urea groups is 1. The van der Waals surface area contributed by atoms with Crippen LogP contribution < -0.4 is 14.8 Å². The van der Waals surface area contributed by atoms with Gasteiger partial charge in [-0.25, -0.2) is 9.18 Å². The number of nitrogens with one attached hydrogen (secondary N) is 1. The number of methoxy groups -OCH3 is 1. The maximum atomic E-state index is 13.7. The van der Waals surface area contributed by atoms with Crippen molar-refractivity contribution in [2.75, 3.05) is 12.4 Å². The molecule has 0 unspecified atom stereocenters. The van der Waals surface area contributed by atoms with Crippen LogP contribution in [0, 0.1) is 5.82 Å². The number of hydrogen-bond donors (Lipinski definition) is 2. The number of halogens is 1. The number of phenolic OH excluding ortho intramolecular Hbond substituents is 1. The van der Waals surface area contributed by atoms with Crippen molar-refractivity contribution in [2.45, 2.75) is 45.4 Å². The molecule has 1 fully saturated rings. The Morgan fingerprint density at radius 2 is 2.00 bits per heavy atom. The third kappa shape index (κ3) is 4.85. The molecule has 6 nitrogen and oxygen atoms in total. The number of rotatable bonds is 7. The van der Waals surface area contributed by atoms with Crippen molar-refractivity contribution in [3.8, 4) is 17.2 Å². The lowest BCUT2D eigenvalue weighted by atomic mass is 10.2. The number of benzene rings is 2. The van der Waals surface area contributed by atoms with E-state index < -0.39 is 5.82 Å². The summed E-state index contributed by atoms with van der Waals surface area (Å²) in [5.41, 5.74) is 1.13. The van der Waals surface area contributed by atoms with Gasteiger partial charge in [0.2, 0.25) is 0 Å². The van der Waals surface area contributed by atoms with E-state index in [1.165, 1.54) is 31.4 Å². The Bertz CT molecular complexity index is 852. The maximum absolute atomic E-state index is 13.7. The summed E-state index contributed by atoms with van der Waals surface area (Å²) in [6, 6.07) is 8.86. The number of aromatic hydroxyl groups is 1. The molecule has 0 saturated heterocycles. The number of anilines is 1. The normalized spacial score (nSPS) is 13.3. The van der Waals surface area contributed by atoms with Gasteiger partial charge >= 0.3 is 6.03 Å². The molecule has 150 valence electrons. The van der Waals surface area contributed by atoms with E-state index in [4.69, 9.17) is 9.47 Å². The average Bonchev–Trinajstić information content (AvgIpc) is 3.47. The average molecular weight is 388 g/mol. The molecule has 1 aliphatic carbocycles. The lowest BCUT2D eigenvalue weighted by molar-refractivity contribution is 0.205. The molecule has 1 saturated carbocycles. The van der Waals surface area contributed by atoms with Gasteiger partial charge in [0.25, 0.3) is 0 Å². The predicted octanol–water partition coefficient (Wildman–Crippen LogP) is 4.52. The van der Waals surface area contributed by atoms with E-state index in [2.05, 4.69) is 5.32 Å². The molecule has 28 heavy (non-hydrogen) atoms. The summed E-state index contributed by atoms with van der Waals surface area (Å²) in [6.45, 7) is 4.08. The van der Waals surface area contributed by atoms with E-state index in [0.717, 1.165) is 18.4 Å². The van der Waals surface area contributed by atoms with Gasteiger partial charge in [0.15, 0.2) is 11.5 Å². The molecule has 0 atom stereocenters. The Morgan fingerprint density at radius 3 is 2.64 bits per heavy atom. The number of hydrogen-bond acceptors (Lipinski definition) is 4. The molecule has 2 aromatic carbocycles. The van der Waals surface area contributed by atoms with Gasteiger partial charge in [-0.05, 0) is 56.5 Å². The van der Waals surface area contributed by atoms with Crippen LogP contribution in [-0.4, -0.2) is 35.3 Å². The molecular weight excluding hydrogens is 363 g/mol. The number of ether oxygens (including phenoxy) is 2. The van der Waals surface area contributed by atoms with Crippen molar-refractivity contribution in [1.29, 1.82) is 0 Å². The minimum atomic E-state index is -0.451. The first-order chi connectivity index (χ1) is 13.4. The first-order valence-electron chi connectivity index (χ1n) is 9.27. The van der Waals surface area contributed by atoms with Gasteiger partial charge in [-0.15, -0.1) is 0 Å². The highest BCUT2D eigenvalue weighted by Gasteiger charge is 2.33. The summed E-state index contributed by atoms with van der Waals surface area (Å²) < 4.78 is 24.5. The zero-order valence-corrected chi connectivity index (χ0v) is 16.2. The minimum absolute atomic E-state index is 0.0453. The van der Waals surface area contributed by atoms with Crippen LogP contribution in [-0.2, 0) is 6.54 Å². The number of nitrogens with zero attached hydrogens (tertiary/aromatic N) is 1. The summed E-state index contributed by atoms with van der Waals surface area (Å²) in [7, 11) is 1.48. The molecule has 0 aliphatic heterocycles. The quantitative estimate of drug-likeness (QED) is 0.731. The highest BCUT2D eigenvalue weighted by Crippen LogP contribution is 2.33. The fourth-order valence-corrected chi connectivity index (χ4v) is 2.91. The number of amides is 2. The Hall–Kier alpha value is -2.96. The summed E-state index contributed by atoms with van der Waals surface area (Å²) in [5, 5.41) is 12.5. The van der Waals surface area contributed by atoms with E-state index in [1.54, 1.807) is 17.0 Å². The standard InChI is InChI=1S/C21H25FN2O4/c1-13(2)28-19-9-5-15(22)11-17(19)23-21(26)24(16-6-7-16)12-14-4-8-18(25)20(10-14)27-3/h4-5,8-11,13,16,25H,6-7,12H2,1-3H3,(H,23,26). The van der Waals surface area contributed by atoms with Crippen molar-refractivity contribution in [2.24, 2.45) is 0 Å². The van der Waals surface area contributed by atoms with Crippen molar-refractivity contribution in [1.82, 2.24) is 4.90 Å². The van der Waals surface area contributed by atoms with Crippen LogP contribution in [0.2, 0.25) is 0 Å². The maximum Gasteiger partial charge on any atom is 0.322 e. The Morgan fingerprint density at radius 1 is 1.25 bits per heavy atom. The van der Waals surface area contributed by atoms with Crippen LogP contribution in [0.4, 0.5) is 14.9 Å². The Kier molecular flexibility index (Phi) is 5.92. The van der Waals surface area contributed by atoms with Crippen LogP contribution in [0.15, 0.2) is 36.4 Å². The fraction of sp³-hybridized carbons (Fsp3) is 0.381. The molecule has 0 radical (unpaired) electrons. The minimum Gasteiger partial charge on any atom is -0.504 e. The second kappa shape index (κ2) is 8.37. The molecule has 2 aromatic rings. The lowest BCUT2D eigenvalue weighted by Gasteiger charge is -2.24. The molecule has 2 amide bonds. The second-order valence-electron chi connectivity index (χ2n) is 7.10.